The Morgan fingerprint density at radius 1 is 1.00 bits per heavy atom. The second-order valence-electron chi connectivity index (χ2n) is 4.69. The van der Waals surface area contributed by atoms with Crippen LogP contribution < -0.4 is 14.8 Å². The van der Waals surface area contributed by atoms with Crippen molar-refractivity contribution in [1.29, 1.82) is 0 Å². The third-order valence-electron chi connectivity index (χ3n) is 3.39. The first-order valence-electron chi connectivity index (χ1n) is 6.74. The van der Waals surface area contributed by atoms with E-state index >= 15 is 0 Å². The van der Waals surface area contributed by atoms with Gasteiger partial charge in [0, 0.05) is 18.2 Å². The van der Waals surface area contributed by atoms with Crippen molar-refractivity contribution in [2.75, 3.05) is 14.2 Å². The Balaban J connectivity index is 2.06. The zero-order valence-corrected chi connectivity index (χ0v) is 12.2. The molecule has 0 aromatic heterocycles. The summed E-state index contributed by atoms with van der Waals surface area (Å²) in [4.78, 5) is 0. The minimum absolute atomic E-state index is 0.284. The Morgan fingerprint density at radius 3 is 2.40 bits per heavy atom. The monoisotopic (exact) mass is 271 g/mol. The summed E-state index contributed by atoms with van der Waals surface area (Å²) >= 11 is 0. The molecule has 0 fully saturated rings. The largest absolute Gasteiger partial charge is 0.497 e. The summed E-state index contributed by atoms with van der Waals surface area (Å²) in [6.07, 6.45) is 0. The van der Waals surface area contributed by atoms with Gasteiger partial charge in [0.2, 0.25) is 0 Å². The summed E-state index contributed by atoms with van der Waals surface area (Å²) in [6, 6.07) is 16.5. The summed E-state index contributed by atoms with van der Waals surface area (Å²) in [7, 11) is 3.36. The molecule has 0 aliphatic rings. The smallest absolute Gasteiger partial charge is 0.123 e. The average molecular weight is 271 g/mol. The van der Waals surface area contributed by atoms with Crippen LogP contribution in [-0.2, 0) is 6.54 Å². The SMILES string of the molecule is COc1ccc(OC)c(CN[C@@H](C)c2ccccc2)c1. The maximum atomic E-state index is 5.39. The van der Waals surface area contributed by atoms with Crippen molar-refractivity contribution in [3.63, 3.8) is 0 Å². The molecule has 2 aromatic carbocycles. The molecular formula is C17H21NO2. The summed E-state index contributed by atoms with van der Waals surface area (Å²) < 4.78 is 10.6. The number of nitrogens with one attached hydrogen (secondary N) is 1. The molecule has 0 unspecified atom stereocenters. The predicted molar refractivity (Wildman–Crippen MR) is 81.2 cm³/mol. The Morgan fingerprint density at radius 2 is 1.75 bits per heavy atom. The normalized spacial score (nSPS) is 11.9. The van der Waals surface area contributed by atoms with Gasteiger partial charge in [0.05, 0.1) is 14.2 Å². The van der Waals surface area contributed by atoms with E-state index in [1.807, 2.05) is 24.3 Å². The zero-order chi connectivity index (χ0) is 14.4. The van der Waals surface area contributed by atoms with Gasteiger partial charge >= 0.3 is 0 Å². The lowest BCUT2D eigenvalue weighted by Crippen LogP contribution is -2.18. The van der Waals surface area contributed by atoms with E-state index in [-0.39, 0.29) is 6.04 Å². The molecule has 3 nitrogen and oxygen atoms in total. The first-order valence-corrected chi connectivity index (χ1v) is 6.74. The van der Waals surface area contributed by atoms with Crippen molar-refractivity contribution in [3.8, 4) is 11.5 Å². The molecular weight excluding hydrogens is 250 g/mol. The first-order chi connectivity index (χ1) is 9.74. The van der Waals surface area contributed by atoms with Crippen molar-refractivity contribution in [2.45, 2.75) is 19.5 Å². The quantitative estimate of drug-likeness (QED) is 0.871. The fourth-order valence-corrected chi connectivity index (χ4v) is 2.14. The summed E-state index contributed by atoms with van der Waals surface area (Å²) in [6.45, 7) is 2.89. The van der Waals surface area contributed by atoms with Gasteiger partial charge in [0.1, 0.15) is 11.5 Å². The second-order valence-corrected chi connectivity index (χ2v) is 4.69. The topological polar surface area (TPSA) is 30.5 Å². The number of benzene rings is 2. The number of hydrogen-bond donors (Lipinski definition) is 1. The lowest BCUT2D eigenvalue weighted by Gasteiger charge is -2.16. The molecule has 106 valence electrons. The van der Waals surface area contributed by atoms with Crippen LogP contribution in [0.3, 0.4) is 0 Å². The zero-order valence-electron chi connectivity index (χ0n) is 12.2. The second kappa shape index (κ2) is 6.96. The van der Waals surface area contributed by atoms with E-state index in [1.165, 1.54) is 5.56 Å². The molecule has 2 aromatic rings. The van der Waals surface area contributed by atoms with E-state index in [4.69, 9.17) is 9.47 Å². The summed E-state index contributed by atoms with van der Waals surface area (Å²) in [5.41, 5.74) is 2.36. The van der Waals surface area contributed by atoms with Crippen molar-refractivity contribution in [2.24, 2.45) is 0 Å². The van der Waals surface area contributed by atoms with E-state index in [2.05, 4.69) is 36.5 Å². The van der Waals surface area contributed by atoms with E-state index in [0.29, 0.717) is 0 Å². The van der Waals surface area contributed by atoms with Crippen LogP contribution in [0.1, 0.15) is 24.1 Å². The molecule has 20 heavy (non-hydrogen) atoms. The number of methoxy groups -OCH3 is 2. The molecule has 0 heterocycles. The lowest BCUT2D eigenvalue weighted by molar-refractivity contribution is 0.395. The minimum atomic E-state index is 0.284. The van der Waals surface area contributed by atoms with Gasteiger partial charge in [-0.2, -0.15) is 0 Å². The van der Waals surface area contributed by atoms with E-state index in [0.717, 1.165) is 23.6 Å². The molecule has 1 N–H and O–H groups in total. The molecule has 0 saturated heterocycles. The van der Waals surface area contributed by atoms with Crippen LogP contribution in [0.15, 0.2) is 48.5 Å². The third kappa shape index (κ3) is 3.52. The van der Waals surface area contributed by atoms with E-state index < -0.39 is 0 Å². The Labute approximate surface area is 120 Å². The van der Waals surface area contributed by atoms with Gasteiger partial charge in [-0.25, -0.2) is 0 Å². The molecule has 0 aliphatic heterocycles. The van der Waals surface area contributed by atoms with Crippen molar-refractivity contribution >= 4 is 0 Å². The molecule has 0 spiro atoms. The molecule has 0 saturated carbocycles. The van der Waals surface area contributed by atoms with Gasteiger partial charge in [0.15, 0.2) is 0 Å². The van der Waals surface area contributed by atoms with Crippen LogP contribution in [0.4, 0.5) is 0 Å². The highest BCUT2D eigenvalue weighted by atomic mass is 16.5. The van der Waals surface area contributed by atoms with Gasteiger partial charge in [-0.3, -0.25) is 0 Å². The summed E-state index contributed by atoms with van der Waals surface area (Å²) in [5.74, 6) is 1.72. The van der Waals surface area contributed by atoms with Crippen molar-refractivity contribution in [1.82, 2.24) is 5.32 Å². The number of rotatable bonds is 6. The molecule has 0 radical (unpaired) electrons. The molecule has 2 rings (SSSR count). The molecule has 3 heteroatoms. The van der Waals surface area contributed by atoms with Crippen molar-refractivity contribution in [3.05, 3.63) is 59.7 Å². The van der Waals surface area contributed by atoms with Crippen LogP contribution in [0.25, 0.3) is 0 Å². The van der Waals surface area contributed by atoms with Gasteiger partial charge in [-0.15, -0.1) is 0 Å². The van der Waals surface area contributed by atoms with Crippen LogP contribution >= 0.6 is 0 Å². The predicted octanol–water partition coefficient (Wildman–Crippen LogP) is 3.55. The van der Waals surface area contributed by atoms with Gasteiger partial charge in [-0.05, 0) is 30.7 Å². The standard InChI is InChI=1S/C17H21NO2/c1-13(14-7-5-4-6-8-14)18-12-15-11-16(19-2)9-10-17(15)20-3/h4-11,13,18H,12H2,1-3H3/t13-/m0/s1. The first kappa shape index (κ1) is 14.4. The lowest BCUT2D eigenvalue weighted by atomic mass is 10.1. The van der Waals surface area contributed by atoms with Crippen LogP contribution in [-0.4, -0.2) is 14.2 Å². The average Bonchev–Trinajstić information content (AvgIpc) is 2.53. The maximum Gasteiger partial charge on any atom is 0.123 e. The van der Waals surface area contributed by atoms with Gasteiger partial charge in [-0.1, -0.05) is 30.3 Å². The van der Waals surface area contributed by atoms with Crippen molar-refractivity contribution < 1.29 is 9.47 Å². The minimum Gasteiger partial charge on any atom is -0.497 e. The number of ether oxygens (including phenoxy) is 2. The van der Waals surface area contributed by atoms with Crippen LogP contribution in [0.5, 0.6) is 11.5 Å². The van der Waals surface area contributed by atoms with E-state index in [9.17, 15) is 0 Å². The Kier molecular flexibility index (Phi) is 5.02. The maximum absolute atomic E-state index is 5.39. The molecule has 1 atom stereocenters. The molecule has 0 amide bonds. The highest BCUT2D eigenvalue weighted by Gasteiger charge is 2.08. The Bertz CT molecular complexity index is 540. The van der Waals surface area contributed by atoms with Crippen LogP contribution in [0, 0.1) is 0 Å². The highest BCUT2D eigenvalue weighted by Crippen LogP contribution is 2.24. The molecule has 0 aliphatic carbocycles. The van der Waals surface area contributed by atoms with Gasteiger partial charge in [0.25, 0.3) is 0 Å². The summed E-state index contributed by atoms with van der Waals surface area (Å²) in [5, 5.41) is 3.51. The Hall–Kier alpha value is -2.00. The third-order valence-corrected chi connectivity index (χ3v) is 3.39. The van der Waals surface area contributed by atoms with Gasteiger partial charge < -0.3 is 14.8 Å². The fraction of sp³-hybridized carbons (Fsp3) is 0.294. The van der Waals surface area contributed by atoms with Crippen LogP contribution in [0.2, 0.25) is 0 Å². The molecule has 0 bridgehead atoms. The highest BCUT2D eigenvalue weighted by molar-refractivity contribution is 5.40. The van der Waals surface area contributed by atoms with E-state index in [1.54, 1.807) is 14.2 Å². The fourth-order valence-electron chi connectivity index (χ4n) is 2.14. The number of hydrogen-bond acceptors (Lipinski definition) is 3.